The number of anilines is 1. The highest BCUT2D eigenvalue weighted by atomic mass is 16.1. The number of nitrogens with one attached hydrogen (secondary N) is 2. The van der Waals surface area contributed by atoms with Crippen molar-refractivity contribution in [3.05, 3.63) is 95.7 Å². The van der Waals surface area contributed by atoms with Crippen molar-refractivity contribution in [3.8, 4) is 0 Å². The summed E-state index contributed by atoms with van der Waals surface area (Å²) in [6.07, 6.45) is 13.7. The van der Waals surface area contributed by atoms with Crippen LogP contribution < -0.4 is 5.32 Å². The lowest BCUT2D eigenvalue weighted by molar-refractivity contribution is 0.102. The van der Waals surface area contributed by atoms with Crippen LogP contribution in [0.15, 0.2) is 84.5 Å². The van der Waals surface area contributed by atoms with E-state index in [4.69, 9.17) is 0 Å². The zero-order chi connectivity index (χ0) is 18.5. The summed E-state index contributed by atoms with van der Waals surface area (Å²) in [5.41, 5.74) is 4.56. The second-order valence-corrected chi connectivity index (χ2v) is 6.58. The van der Waals surface area contributed by atoms with E-state index < -0.39 is 0 Å². The summed E-state index contributed by atoms with van der Waals surface area (Å²) in [7, 11) is 0. The third-order valence-electron chi connectivity index (χ3n) is 4.63. The molecule has 1 amide bonds. The maximum absolute atomic E-state index is 12.6. The van der Waals surface area contributed by atoms with Gasteiger partial charge in [0.25, 0.3) is 5.91 Å². The van der Waals surface area contributed by atoms with E-state index in [-0.39, 0.29) is 8.76 Å². The molecule has 2 N–H and O–H groups in total. The molecule has 4 rings (SSSR count). The van der Waals surface area contributed by atoms with Crippen molar-refractivity contribution in [2.75, 3.05) is 5.32 Å². The van der Waals surface area contributed by atoms with Gasteiger partial charge >= 0.3 is 0 Å². The van der Waals surface area contributed by atoms with Gasteiger partial charge in [-0.1, -0.05) is 54.6 Å². The minimum absolute atomic E-state index is 0. The average Bonchev–Trinajstić information content (AvgIpc) is 2.94. The predicted molar refractivity (Wildman–Crippen MR) is 114 cm³/mol. The normalized spacial score (nSPS) is 13.4. The number of aromatic amines is 1. The number of amides is 1. The number of aromatic nitrogens is 2. The van der Waals surface area contributed by atoms with Crippen LogP contribution in [0.5, 0.6) is 0 Å². The number of rotatable bonds is 5. The molecule has 0 atom stereocenters. The van der Waals surface area contributed by atoms with Gasteiger partial charge in [0, 0.05) is 13.9 Å². The number of hydrogen-bond acceptors (Lipinski definition) is 2. The van der Waals surface area contributed by atoms with Crippen LogP contribution in [0.4, 0.5) is 5.69 Å². The molecule has 1 aliphatic rings. The lowest BCUT2D eigenvalue weighted by Gasteiger charge is -2.05. The van der Waals surface area contributed by atoms with E-state index in [9.17, 15) is 4.79 Å². The first-order chi connectivity index (χ1) is 13.3. The molecule has 4 nitrogen and oxygen atoms in total. The molecule has 138 valence electrons. The van der Waals surface area contributed by atoms with Gasteiger partial charge in [-0.15, -0.1) is 0 Å². The van der Waals surface area contributed by atoms with Crippen LogP contribution in [0, 0.1) is 0 Å². The molecule has 0 unspecified atom stereocenters. The number of carbonyl (C=O) groups is 1. The van der Waals surface area contributed by atoms with Crippen molar-refractivity contribution in [1.82, 2.24) is 10.2 Å². The maximum atomic E-state index is 12.6. The van der Waals surface area contributed by atoms with Crippen LogP contribution >= 0.6 is 0 Å². The number of carbonyl (C=O) groups excluding carboxylic acids is 1. The molecule has 0 spiro atoms. The first-order valence-corrected chi connectivity index (χ1v) is 9.15. The van der Waals surface area contributed by atoms with E-state index in [0.29, 0.717) is 5.69 Å². The summed E-state index contributed by atoms with van der Waals surface area (Å²) in [6.45, 7) is 0. The maximum Gasteiger partial charge on any atom is 0.276 e. The fourth-order valence-electron chi connectivity index (χ4n) is 3.18. The summed E-state index contributed by atoms with van der Waals surface area (Å²) in [6, 6.07) is 15.6. The number of aryl methyl sites for hydroxylation is 1. The van der Waals surface area contributed by atoms with Crippen molar-refractivity contribution in [3.63, 3.8) is 0 Å². The number of allylic oxidation sites excluding steroid dienone is 6. The molecule has 0 radical (unpaired) electrons. The SMILES string of the molecule is O=C(Nc1ccccc1)c1n[nH]c2ccc(CCC3=CC=CCC=C3)cc12.[HH].[HH]. The number of H-pyrrole nitrogens is 1. The predicted octanol–water partition coefficient (Wildman–Crippen LogP) is 5.68. The summed E-state index contributed by atoms with van der Waals surface area (Å²) < 4.78 is 0. The van der Waals surface area contributed by atoms with Gasteiger partial charge in [0.15, 0.2) is 5.69 Å². The first kappa shape index (κ1) is 17.0. The first-order valence-electron chi connectivity index (χ1n) is 9.15. The molecular weight excluding hydrogens is 334 g/mol. The van der Waals surface area contributed by atoms with Crippen molar-refractivity contribution >= 4 is 22.5 Å². The van der Waals surface area contributed by atoms with Gasteiger partial charge in [0.05, 0.1) is 5.52 Å². The highest BCUT2D eigenvalue weighted by Crippen LogP contribution is 2.21. The number of para-hydroxylation sites is 1. The van der Waals surface area contributed by atoms with E-state index in [0.717, 1.165) is 35.9 Å². The molecule has 1 aliphatic carbocycles. The van der Waals surface area contributed by atoms with Crippen LogP contribution in [0.25, 0.3) is 10.9 Å². The second kappa shape index (κ2) is 7.87. The summed E-state index contributed by atoms with van der Waals surface area (Å²) in [4.78, 5) is 12.6. The zero-order valence-electron chi connectivity index (χ0n) is 15.0. The zero-order valence-corrected chi connectivity index (χ0v) is 15.0. The van der Waals surface area contributed by atoms with E-state index in [1.165, 1.54) is 11.1 Å². The van der Waals surface area contributed by atoms with Crippen molar-refractivity contribution in [2.45, 2.75) is 19.3 Å². The molecule has 27 heavy (non-hydrogen) atoms. The van der Waals surface area contributed by atoms with Gasteiger partial charge in [0.1, 0.15) is 0 Å². The molecule has 0 saturated carbocycles. The Morgan fingerprint density at radius 2 is 2.00 bits per heavy atom. The van der Waals surface area contributed by atoms with Gasteiger partial charge in [-0.3, -0.25) is 9.89 Å². The topological polar surface area (TPSA) is 57.8 Å². The van der Waals surface area contributed by atoms with E-state index >= 15 is 0 Å². The average molecular weight is 359 g/mol. The molecule has 4 heteroatoms. The summed E-state index contributed by atoms with van der Waals surface area (Å²) in [5.74, 6) is -0.204. The van der Waals surface area contributed by atoms with E-state index in [1.807, 2.05) is 36.4 Å². The number of hydrogen-bond donors (Lipinski definition) is 2. The highest BCUT2D eigenvalue weighted by molar-refractivity contribution is 6.11. The van der Waals surface area contributed by atoms with E-state index in [2.05, 4.69) is 58.0 Å². The lowest BCUT2D eigenvalue weighted by Crippen LogP contribution is -2.12. The fraction of sp³-hybridized carbons (Fsp3) is 0.130. The van der Waals surface area contributed by atoms with Crippen LogP contribution in [-0.4, -0.2) is 16.1 Å². The van der Waals surface area contributed by atoms with Crippen molar-refractivity contribution in [1.29, 1.82) is 0 Å². The van der Waals surface area contributed by atoms with Gasteiger partial charge in [-0.2, -0.15) is 5.10 Å². The molecule has 1 aromatic heterocycles. The van der Waals surface area contributed by atoms with Gasteiger partial charge in [0.2, 0.25) is 0 Å². The van der Waals surface area contributed by atoms with Crippen molar-refractivity contribution < 1.29 is 7.65 Å². The number of benzene rings is 2. The molecule has 0 fully saturated rings. The third-order valence-corrected chi connectivity index (χ3v) is 4.63. The Balaban J connectivity index is 0.00000150. The monoisotopic (exact) mass is 359 g/mol. The minimum Gasteiger partial charge on any atom is -0.321 e. The molecular formula is C23H25N3O. The standard InChI is InChI=1S/C23H21N3O.2H2/c27-23(24-19-10-6-3-7-11-19)22-20-16-18(14-15-21(20)25-26-22)13-12-17-8-4-1-2-5-9-17;;/h1,3-11,14-16H,2,12-13H2,(H,24,27)(H,25,26);2*1H. The molecule has 2 aromatic carbocycles. The van der Waals surface area contributed by atoms with Gasteiger partial charge in [-0.25, -0.2) is 0 Å². The Hall–Kier alpha value is -3.40. The summed E-state index contributed by atoms with van der Waals surface area (Å²) in [5, 5.41) is 10.9. The summed E-state index contributed by atoms with van der Waals surface area (Å²) >= 11 is 0. The van der Waals surface area contributed by atoms with Crippen molar-refractivity contribution in [2.24, 2.45) is 0 Å². The molecule has 1 heterocycles. The van der Waals surface area contributed by atoms with Crippen LogP contribution in [0.2, 0.25) is 0 Å². The Bertz CT molecular complexity index is 1050. The Kier molecular flexibility index (Phi) is 4.97. The Labute approximate surface area is 161 Å². The number of nitrogens with zero attached hydrogens (tertiary/aromatic N) is 1. The highest BCUT2D eigenvalue weighted by Gasteiger charge is 2.15. The van der Waals surface area contributed by atoms with Crippen LogP contribution in [-0.2, 0) is 6.42 Å². The van der Waals surface area contributed by atoms with Crippen LogP contribution in [0.3, 0.4) is 0 Å². The Morgan fingerprint density at radius 1 is 1.11 bits per heavy atom. The van der Waals surface area contributed by atoms with E-state index in [1.54, 1.807) is 0 Å². The smallest absolute Gasteiger partial charge is 0.276 e. The largest absolute Gasteiger partial charge is 0.321 e. The second-order valence-electron chi connectivity index (χ2n) is 6.58. The Morgan fingerprint density at radius 3 is 2.89 bits per heavy atom. The minimum atomic E-state index is -0.204. The lowest BCUT2D eigenvalue weighted by atomic mass is 10.0. The van der Waals surface area contributed by atoms with Gasteiger partial charge in [-0.05, 0) is 54.7 Å². The molecule has 0 saturated heterocycles. The quantitative estimate of drug-likeness (QED) is 0.615. The number of fused-ring (bicyclic) bond motifs is 1. The molecule has 0 aliphatic heterocycles. The van der Waals surface area contributed by atoms with Gasteiger partial charge < -0.3 is 5.32 Å². The van der Waals surface area contributed by atoms with Crippen LogP contribution in [0.1, 0.15) is 31.7 Å². The molecule has 0 bridgehead atoms. The molecule has 3 aromatic rings. The fourth-order valence-corrected chi connectivity index (χ4v) is 3.18. The third kappa shape index (κ3) is 4.06.